The Labute approximate surface area is 141 Å². The van der Waals surface area contributed by atoms with Crippen LogP contribution in [0, 0.1) is 5.82 Å². The summed E-state index contributed by atoms with van der Waals surface area (Å²) in [7, 11) is 0. The lowest BCUT2D eigenvalue weighted by atomic mass is 10.0. The lowest BCUT2D eigenvalue weighted by Gasteiger charge is -2.32. The predicted molar refractivity (Wildman–Crippen MR) is 88.4 cm³/mol. The molecule has 3 aromatic rings. The highest BCUT2D eigenvalue weighted by Gasteiger charge is 2.28. The Balaban J connectivity index is 1.71. The van der Waals surface area contributed by atoms with E-state index in [2.05, 4.69) is 22.2 Å². The van der Waals surface area contributed by atoms with Gasteiger partial charge >= 0.3 is 0 Å². The largest absolute Gasteiger partial charge is 0.333 e. The fourth-order valence-electron chi connectivity index (χ4n) is 3.02. The van der Waals surface area contributed by atoms with Gasteiger partial charge in [0.25, 0.3) is 5.91 Å². The van der Waals surface area contributed by atoms with Crippen LogP contribution in [0.4, 0.5) is 4.39 Å². The Morgan fingerprint density at radius 3 is 3.00 bits per heavy atom. The first-order valence-corrected chi connectivity index (χ1v) is 8.74. The van der Waals surface area contributed by atoms with Crippen LogP contribution in [0.15, 0.2) is 24.3 Å². The number of rotatable bonds is 2. The smallest absolute Gasteiger partial charge is 0.293 e. The van der Waals surface area contributed by atoms with E-state index in [4.69, 9.17) is 0 Å². The van der Waals surface area contributed by atoms with Gasteiger partial charge in [0.1, 0.15) is 10.8 Å². The van der Waals surface area contributed by atoms with Crippen molar-refractivity contribution in [2.24, 2.45) is 0 Å². The summed E-state index contributed by atoms with van der Waals surface area (Å²) in [6.07, 6.45) is 3.14. The van der Waals surface area contributed by atoms with E-state index in [1.807, 2.05) is 4.90 Å². The van der Waals surface area contributed by atoms with Gasteiger partial charge in [-0.15, -0.1) is 10.2 Å². The molecule has 0 saturated carbocycles. The van der Waals surface area contributed by atoms with E-state index in [0.717, 1.165) is 25.8 Å². The third-order valence-electron chi connectivity index (χ3n) is 4.32. The third-order valence-corrected chi connectivity index (χ3v) is 5.27. The van der Waals surface area contributed by atoms with E-state index < -0.39 is 0 Å². The van der Waals surface area contributed by atoms with Gasteiger partial charge in [0.05, 0.1) is 0 Å². The predicted octanol–water partition coefficient (Wildman–Crippen LogP) is 3.01. The van der Waals surface area contributed by atoms with E-state index in [-0.39, 0.29) is 23.6 Å². The molecule has 6 nitrogen and oxygen atoms in total. The fraction of sp³-hybridized carbons (Fsp3) is 0.375. The molecule has 0 radical (unpaired) electrons. The quantitative estimate of drug-likeness (QED) is 0.716. The minimum Gasteiger partial charge on any atom is -0.333 e. The maximum atomic E-state index is 13.4. The monoisotopic (exact) mass is 345 g/mol. The molecule has 1 aliphatic heterocycles. The van der Waals surface area contributed by atoms with Crippen LogP contribution in [0.5, 0.6) is 0 Å². The van der Waals surface area contributed by atoms with Crippen LogP contribution >= 0.6 is 11.3 Å². The summed E-state index contributed by atoms with van der Waals surface area (Å²) in [5, 5.41) is 13.1. The van der Waals surface area contributed by atoms with Gasteiger partial charge in [0.15, 0.2) is 0 Å². The van der Waals surface area contributed by atoms with Crippen LogP contribution < -0.4 is 0 Å². The number of likely N-dealkylation sites (tertiary alicyclic amines) is 1. The molecule has 8 heteroatoms. The van der Waals surface area contributed by atoms with Crippen molar-refractivity contribution in [3.63, 3.8) is 0 Å². The number of benzene rings is 1. The molecule has 1 atom stereocenters. The number of hydrogen-bond acceptors (Lipinski definition) is 5. The molecule has 0 aliphatic carbocycles. The summed E-state index contributed by atoms with van der Waals surface area (Å²) in [4.78, 5) is 15.2. The zero-order chi connectivity index (χ0) is 16.7. The maximum Gasteiger partial charge on any atom is 0.293 e. The Morgan fingerprint density at radius 2 is 2.21 bits per heavy atom. The number of fused-ring (bicyclic) bond motifs is 1. The van der Waals surface area contributed by atoms with Crippen LogP contribution in [0.25, 0.3) is 15.5 Å². The van der Waals surface area contributed by atoms with E-state index in [1.54, 1.807) is 12.1 Å². The number of aromatic nitrogens is 4. The van der Waals surface area contributed by atoms with Gasteiger partial charge in [0.2, 0.25) is 10.8 Å². The van der Waals surface area contributed by atoms with E-state index in [1.165, 1.54) is 28.0 Å². The second kappa shape index (κ2) is 5.94. The van der Waals surface area contributed by atoms with Crippen molar-refractivity contribution in [3.8, 4) is 10.6 Å². The minimum absolute atomic E-state index is 0.147. The van der Waals surface area contributed by atoms with Gasteiger partial charge in [-0.1, -0.05) is 23.5 Å². The van der Waals surface area contributed by atoms with E-state index >= 15 is 0 Å². The second-order valence-corrected chi connectivity index (χ2v) is 6.93. The first-order chi connectivity index (χ1) is 11.6. The third kappa shape index (κ3) is 2.56. The molecule has 1 saturated heterocycles. The molecule has 1 aliphatic rings. The number of hydrogen-bond donors (Lipinski definition) is 0. The van der Waals surface area contributed by atoms with Crippen LogP contribution in [0.2, 0.25) is 0 Å². The standard InChI is InChI=1S/C16H16FN5OS/c1-10-5-2-3-8-21(10)15(23)13-18-19-16-22(13)20-14(24-16)11-6-4-7-12(17)9-11/h4,6-7,9-10H,2-3,5,8H2,1H3. The Bertz CT molecular complexity index is 905. The number of piperidine rings is 1. The van der Waals surface area contributed by atoms with Crippen molar-refractivity contribution >= 4 is 22.2 Å². The molecule has 3 heterocycles. The summed E-state index contributed by atoms with van der Waals surface area (Å²) in [6, 6.07) is 6.41. The van der Waals surface area contributed by atoms with Crippen molar-refractivity contribution < 1.29 is 9.18 Å². The number of carbonyl (C=O) groups excluding carboxylic acids is 1. The molecule has 1 unspecified atom stereocenters. The fourth-order valence-corrected chi connectivity index (χ4v) is 3.85. The molecular formula is C16H16FN5OS. The Kier molecular flexibility index (Phi) is 3.76. The zero-order valence-electron chi connectivity index (χ0n) is 13.1. The summed E-state index contributed by atoms with van der Waals surface area (Å²) < 4.78 is 14.9. The zero-order valence-corrected chi connectivity index (χ0v) is 14.0. The van der Waals surface area contributed by atoms with Gasteiger partial charge in [-0.05, 0) is 38.3 Å². The highest BCUT2D eigenvalue weighted by atomic mass is 32.1. The number of carbonyl (C=O) groups is 1. The molecule has 1 aromatic carbocycles. The molecule has 0 spiro atoms. The lowest BCUT2D eigenvalue weighted by molar-refractivity contribution is 0.0620. The Morgan fingerprint density at radius 1 is 1.33 bits per heavy atom. The Hall–Kier alpha value is -2.35. The molecule has 1 amide bonds. The van der Waals surface area contributed by atoms with Gasteiger partial charge < -0.3 is 4.90 Å². The first-order valence-electron chi connectivity index (χ1n) is 7.92. The summed E-state index contributed by atoms with van der Waals surface area (Å²) in [5.74, 6) is -0.250. The second-order valence-electron chi connectivity index (χ2n) is 5.98. The lowest BCUT2D eigenvalue weighted by Crippen LogP contribution is -2.42. The van der Waals surface area contributed by atoms with Crippen LogP contribution in [0.3, 0.4) is 0 Å². The van der Waals surface area contributed by atoms with Gasteiger partial charge in [-0.2, -0.15) is 9.61 Å². The first kappa shape index (κ1) is 15.2. The molecule has 0 bridgehead atoms. The topological polar surface area (TPSA) is 63.4 Å². The van der Waals surface area contributed by atoms with Crippen LogP contribution in [0.1, 0.15) is 36.8 Å². The summed E-state index contributed by atoms with van der Waals surface area (Å²) in [5.41, 5.74) is 0.662. The van der Waals surface area contributed by atoms with Crippen molar-refractivity contribution in [1.29, 1.82) is 0 Å². The van der Waals surface area contributed by atoms with Gasteiger partial charge in [-0.3, -0.25) is 4.79 Å². The number of halogens is 1. The maximum absolute atomic E-state index is 13.4. The minimum atomic E-state index is -0.322. The van der Waals surface area contributed by atoms with Gasteiger partial charge in [-0.25, -0.2) is 4.39 Å². The average molecular weight is 345 g/mol. The van der Waals surface area contributed by atoms with Gasteiger partial charge in [0, 0.05) is 18.2 Å². The molecule has 4 rings (SSSR count). The molecular weight excluding hydrogens is 329 g/mol. The van der Waals surface area contributed by atoms with Crippen molar-refractivity contribution in [1.82, 2.24) is 24.7 Å². The van der Waals surface area contributed by atoms with Crippen LogP contribution in [-0.4, -0.2) is 43.2 Å². The van der Waals surface area contributed by atoms with E-state index in [9.17, 15) is 9.18 Å². The number of nitrogens with zero attached hydrogens (tertiary/aromatic N) is 5. The summed E-state index contributed by atoms with van der Waals surface area (Å²) >= 11 is 1.29. The van der Waals surface area contributed by atoms with Crippen molar-refractivity contribution in [3.05, 3.63) is 35.9 Å². The summed E-state index contributed by atoms with van der Waals surface area (Å²) in [6.45, 7) is 2.78. The molecule has 124 valence electrons. The van der Waals surface area contributed by atoms with E-state index in [0.29, 0.717) is 15.5 Å². The SMILES string of the molecule is CC1CCCCN1C(=O)c1nnc2sc(-c3cccc(F)c3)nn12. The normalized spacial score (nSPS) is 18.2. The average Bonchev–Trinajstić information content (AvgIpc) is 3.15. The highest BCUT2D eigenvalue weighted by Crippen LogP contribution is 2.26. The van der Waals surface area contributed by atoms with Crippen molar-refractivity contribution in [2.75, 3.05) is 6.54 Å². The highest BCUT2D eigenvalue weighted by molar-refractivity contribution is 7.19. The number of amides is 1. The molecule has 1 fully saturated rings. The molecule has 24 heavy (non-hydrogen) atoms. The molecule has 2 aromatic heterocycles. The van der Waals surface area contributed by atoms with Crippen molar-refractivity contribution in [2.45, 2.75) is 32.2 Å². The van der Waals surface area contributed by atoms with Crippen LogP contribution in [-0.2, 0) is 0 Å². The molecule has 0 N–H and O–H groups in total.